The minimum Gasteiger partial charge on any atom is -0.368 e. The Bertz CT molecular complexity index is 542. The van der Waals surface area contributed by atoms with Crippen molar-refractivity contribution in [3.63, 3.8) is 0 Å². The number of hydrogen-bond donors (Lipinski definition) is 1. The van der Waals surface area contributed by atoms with E-state index in [-0.39, 0.29) is 11.8 Å². The highest BCUT2D eigenvalue weighted by Gasteiger charge is 2.24. The van der Waals surface area contributed by atoms with Gasteiger partial charge in [-0.25, -0.2) is 0 Å². The van der Waals surface area contributed by atoms with Gasteiger partial charge in [-0.2, -0.15) is 0 Å². The summed E-state index contributed by atoms with van der Waals surface area (Å²) in [5.74, 6) is 0.287. The Balaban J connectivity index is 2.06. The Morgan fingerprint density at radius 3 is 2.68 bits per heavy atom. The zero-order valence-corrected chi connectivity index (χ0v) is 13.5. The van der Waals surface area contributed by atoms with Gasteiger partial charge in [-0.3, -0.25) is 9.59 Å². The van der Waals surface area contributed by atoms with E-state index in [2.05, 4.69) is 5.32 Å². The molecule has 5 heteroatoms. The van der Waals surface area contributed by atoms with Gasteiger partial charge in [-0.1, -0.05) is 26.0 Å². The normalized spacial score (nSPS) is 16.2. The molecule has 22 heavy (non-hydrogen) atoms. The maximum absolute atomic E-state index is 12.2. The molecule has 1 N–H and O–H groups in total. The van der Waals surface area contributed by atoms with Crippen LogP contribution >= 0.6 is 0 Å². The van der Waals surface area contributed by atoms with Gasteiger partial charge in [0, 0.05) is 19.6 Å². The van der Waals surface area contributed by atoms with Crippen LogP contribution in [-0.2, 0) is 14.3 Å². The smallest absolute Gasteiger partial charge is 0.253 e. The molecule has 1 aliphatic heterocycles. The van der Waals surface area contributed by atoms with E-state index in [4.69, 9.17) is 4.74 Å². The van der Waals surface area contributed by atoms with E-state index in [0.29, 0.717) is 31.2 Å². The highest BCUT2D eigenvalue weighted by molar-refractivity contribution is 6.02. The third kappa shape index (κ3) is 4.07. The maximum atomic E-state index is 12.2. The molecule has 1 unspecified atom stereocenters. The number of carbonyl (C=O) groups is 2. The summed E-state index contributed by atoms with van der Waals surface area (Å²) < 4.78 is 5.53. The number of para-hydroxylation sites is 2. The molecule has 0 bridgehead atoms. The average Bonchev–Trinajstić information content (AvgIpc) is 2.91. The number of ether oxygens (including phenoxy) is 1. The fraction of sp³-hybridized carbons (Fsp3) is 0.529. The first kappa shape index (κ1) is 16.5. The van der Waals surface area contributed by atoms with E-state index < -0.39 is 6.10 Å². The first-order valence-electron chi connectivity index (χ1n) is 7.81. The van der Waals surface area contributed by atoms with Crippen molar-refractivity contribution in [2.75, 3.05) is 23.4 Å². The van der Waals surface area contributed by atoms with Gasteiger partial charge in [0.15, 0.2) is 0 Å². The lowest BCUT2D eigenvalue weighted by Crippen LogP contribution is -2.30. The minimum absolute atomic E-state index is 0.103. The van der Waals surface area contributed by atoms with Crippen molar-refractivity contribution in [1.29, 1.82) is 0 Å². The summed E-state index contributed by atoms with van der Waals surface area (Å²) in [7, 11) is 0. The molecule has 0 radical (unpaired) electrons. The molecule has 1 saturated heterocycles. The summed E-state index contributed by atoms with van der Waals surface area (Å²) in [5.41, 5.74) is 1.41. The van der Waals surface area contributed by atoms with Gasteiger partial charge in [-0.15, -0.1) is 0 Å². The highest BCUT2D eigenvalue weighted by atomic mass is 16.5. The van der Waals surface area contributed by atoms with Crippen molar-refractivity contribution in [3.05, 3.63) is 24.3 Å². The molecule has 0 spiro atoms. The molecule has 1 aromatic rings. The van der Waals surface area contributed by atoms with E-state index in [1.807, 2.05) is 38.1 Å². The number of anilines is 2. The molecule has 120 valence electrons. The number of rotatable bonds is 6. The molecular weight excluding hydrogens is 280 g/mol. The summed E-state index contributed by atoms with van der Waals surface area (Å²) in [6.45, 7) is 7.06. The molecule has 0 aromatic heterocycles. The summed E-state index contributed by atoms with van der Waals surface area (Å²) in [6.07, 6.45) is 0.898. The Hall–Kier alpha value is -1.88. The van der Waals surface area contributed by atoms with Crippen molar-refractivity contribution in [2.24, 2.45) is 5.92 Å². The third-order valence-electron chi connectivity index (χ3n) is 3.57. The second kappa shape index (κ2) is 7.40. The van der Waals surface area contributed by atoms with Gasteiger partial charge in [0.2, 0.25) is 5.91 Å². The Morgan fingerprint density at radius 1 is 1.32 bits per heavy atom. The van der Waals surface area contributed by atoms with Gasteiger partial charge in [0.1, 0.15) is 6.10 Å². The standard InChI is InChI=1S/C17H24N2O3/c1-12(2)11-22-13(3)17(21)18-14-7-4-5-8-15(14)19-10-6-9-16(19)20/h4-5,7-8,12-13H,6,9-11H2,1-3H3,(H,18,21). The summed E-state index contributed by atoms with van der Waals surface area (Å²) in [5, 5.41) is 2.87. The Labute approximate surface area is 131 Å². The topological polar surface area (TPSA) is 58.6 Å². The molecule has 0 saturated carbocycles. The molecule has 1 fully saturated rings. The summed E-state index contributed by atoms with van der Waals surface area (Å²) in [4.78, 5) is 25.9. The molecule has 1 heterocycles. The van der Waals surface area contributed by atoms with E-state index in [9.17, 15) is 9.59 Å². The lowest BCUT2D eigenvalue weighted by Gasteiger charge is -2.21. The van der Waals surface area contributed by atoms with Crippen LogP contribution in [0.4, 0.5) is 11.4 Å². The fourth-order valence-electron chi connectivity index (χ4n) is 2.36. The second-order valence-corrected chi connectivity index (χ2v) is 6.02. The minimum atomic E-state index is -0.523. The van der Waals surface area contributed by atoms with E-state index in [1.54, 1.807) is 11.8 Å². The third-order valence-corrected chi connectivity index (χ3v) is 3.57. The number of nitrogens with zero attached hydrogens (tertiary/aromatic N) is 1. The van der Waals surface area contributed by atoms with Crippen molar-refractivity contribution in [1.82, 2.24) is 0 Å². The van der Waals surface area contributed by atoms with Crippen LogP contribution in [0.2, 0.25) is 0 Å². The lowest BCUT2D eigenvalue weighted by molar-refractivity contribution is -0.127. The van der Waals surface area contributed by atoms with Gasteiger partial charge < -0.3 is 15.0 Å². The molecule has 2 rings (SSSR count). The number of hydrogen-bond acceptors (Lipinski definition) is 3. The first-order chi connectivity index (χ1) is 10.5. The van der Waals surface area contributed by atoms with Crippen molar-refractivity contribution < 1.29 is 14.3 Å². The van der Waals surface area contributed by atoms with Crippen LogP contribution in [0, 0.1) is 5.92 Å². The van der Waals surface area contributed by atoms with Crippen LogP contribution in [-0.4, -0.2) is 31.1 Å². The Morgan fingerprint density at radius 2 is 2.05 bits per heavy atom. The zero-order valence-electron chi connectivity index (χ0n) is 13.5. The molecule has 1 aliphatic rings. The zero-order chi connectivity index (χ0) is 16.1. The van der Waals surface area contributed by atoms with Gasteiger partial charge in [0.25, 0.3) is 5.91 Å². The SMILES string of the molecule is CC(C)COC(C)C(=O)Nc1ccccc1N1CCCC1=O. The highest BCUT2D eigenvalue weighted by Crippen LogP contribution is 2.29. The van der Waals surface area contributed by atoms with Gasteiger partial charge in [0.05, 0.1) is 11.4 Å². The second-order valence-electron chi connectivity index (χ2n) is 6.02. The molecule has 2 amide bonds. The van der Waals surface area contributed by atoms with E-state index in [0.717, 1.165) is 12.1 Å². The first-order valence-corrected chi connectivity index (χ1v) is 7.81. The van der Waals surface area contributed by atoms with Crippen LogP contribution in [0.3, 0.4) is 0 Å². The van der Waals surface area contributed by atoms with E-state index in [1.165, 1.54) is 0 Å². The lowest BCUT2D eigenvalue weighted by atomic mass is 10.2. The molecule has 5 nitrogen and oxygen atoms in total. The van der Waals surface area contributed by atoms with Crippen molar-refractivity contribution >= 4 is 23.2 Å². The monoisotopic (exact) mass is 304 g/mol. The average molecular weight is 304 g/mol. The van der Waals surface area contributed by atoms with Crippen LogP contribution in [0.1, 0.15) is 33.6 Å². The van der Waals surface area contributed by atoms with Crippen LogP contribution in [0.15, 0.2) is 24.3 Å². The number of benzene rings is 1. The van der Waals surface area contributed by atoms with Crippen LogP contribution in [0.25, 0.3) is 0 Å². The molecule has 0 aliphatic carbocycles. The number of carbonyl (C=O) groups excluding carboxylic acids is 2. The summed E-state index contributed by atoms with van der Waals surface area (Å²) in [6, 6.07) is 7.39. The number of amides is 2. The van der Waals surface area contributed by atoms with Crippen molar-refractivity contribution in [3.8, 4) is 0 Å². The molecular formula is C17H24N2O3. The predicted molar refractivity (Wildman–Crippen MR) is 86.9 cm³/mol. The largest absolute Gasteiger partial charge is 0.368 e. The van der Waals surface area contributed by atoms with Gasteiger partial charge >= 0.3 is 0 Å². The van der Waals surface area contributed by atoms with E-state index >= 15 is 0 Å². The quantitative estimate of drug-likeness (QED) is 0.879. The van der Waals surface area contributed by atoms with Crippen molar-refractivity contribution in [2.45, 2.75) is 39.7 Å². The van der Waals surface area contributed by atoms with Crippen LogP contribution < -0.4 is 10.2 Å². The van der Waals surface area contributed by atoms with Crippen LogP contribution in [0.5, 0.6) is 0 Å². The number of nitrogens with one attached hydrogen (secondary N) is 1. The summed E-state index contributed by atoms with van der Waals surface area (Å²) >= 11 is 0. The maximum Gasteiger partial charge on any atom is 0.253 e. The Kier molecular flexibility index (Phi) is 5.55. The van der Waals surface area contributed by atoms with Gasteiger partial charge in [-0.05, 0) is 31.4 Å². The molecule has 1 atom stereocenters. The molecule has 1 aromatic carbocycles. The predicted octanol–water partition coefficient (Wildman–Crippen LogP) is 2.81. The fourth-order valence-corrected chi connectivity index (χ4v) is 2.36.